The van der Waals surface area contributed by atoms with Crippen LogP contribution in [0.5, 0.6) is 5.75 Å². The molecule has 0 saturated carbocycles. The van der Waals surface area contributed by atoms with E-state index in [-0.39, 0.29) is 6.42 Å². The van der Waals surface area contributed by atoms with E-state index < -0.39 is 23.8 Å². The third-order valence-corrected chi connectivity index (χ3v) is 3.50. The zero-order valence-electron chi connectivity index (χ0n) is 12.8. The molecular formula is C16H15N3O5. The standard InChI is InChI=1S/C16H15N3O5/c1-9-10(6-7-23-9)15(21)19-18-14(20)8-13-16(22)17-11-4-2-3-5-12(11)24-13/h2-7,13H,8H2,1H3,(H,17,22)(H,18,20)(H,19,21)/t13-/m0/s1. The van der Waals surface area contributed by atoms with Crippen LogP contribution < -0.4 is 20.9 Å². The van der Waals surface area contributed by atoms with Crippen molar-refractivity contribution in [3.05, 3.63) is 47.9 Å². The third-order valence-electron chi connectivity index (χ3n) is 3.50. The summed E-state index contributed by atoms with van der Waals surface area (Å²) in [7, 11) is 0. The zero-order chi connectivity index (χ0) is 17.1. The Morgan fingerprint density at radius 2 is 2.00 bits per heavy atom. The number of hydrazine groups is 1. The van der Waals surface area contributed by atoms with E-state index in [4.69, 9.17) is 9.15 Å². The quantitative estimate of drug-likeness (QED) is 0.732. The SMILES string of the molecule is Cc1occc1C(=O)NNC(=O)C[C@@H]1Oc2ccccc2NC1=O. The average Bonchev–Trinajstić information content (AvgIpc) is 2.99. The maximum Gasteiger partial charge on any atom is 0.273 e. The van der Waals surface area contributed by atoms with Gasteiger partial charge in [0, 0.05) is 0 Å². The minimum absolute atomic E-state index is 0.231. The van der Waals surface area contributed by atoms with Crippen LogP contribution in [0, 0.1) is 6.92 Å². The van der Waals surface area contributed by atoms with Crippen LogP contribution >= 0.6 is 0 Å². The number of hydrogen-bond acceptors (Lipinski definition) is 5. The molecule has 0 saturated heterocycles. The summed E-state index contributed by atoms with van der Waals surface area (Å²) in [6, 6.07) is 8.43. The molecule has 124 valence electrons. The summed E-state index contributed by atoms with van der Waals surface area (Å²) < 4.78 is 10.5. The summed E-state index contributed by atoms with van der Waals surface area (Å²) in [5.74, 6) is -0.542. The number of carbonyl (C=O) groups excluding carboxylic acids is 3. The van der Waals surface area contributed by atoms with Gasteiger partial charge in [-0.25, -0.2) is 0 Å². The minimum atomic E-state index is -0.965. The van der Waals surface area contributed by atoms with Crippen LogP contribution in [0.15, 0.2) is 41.0 Å². The van der Waals surface area contributed by atoms with Gasteiger partial charge in [0.1, 0.15) is 11.5 Å². The van der Waals surface area contributed by atoms with E-state index in [9.17, 15) is 14.4 Å². The lowest BCUT2D eigenvalue weighted by molar-refractivity contribution is -0.130. The number of para-hydroxylation sites is 2. The highest BCUT2D eigenvalue weighted by Gasteiger charge is 2.29. The highest BCUT2D eigenvalue weighted by Crippen LogP contribution is 2.29. The molecule has 24 heavy (non-hydrogen) atoms. The van der Waals surface area contributed by atoms with Gasteiger partial charge in [0.25, 0.3) is 11.8 Å². The van der Waals surface area contributed by atoms with Crippen LogP contribution in [0.2, 0.25) is 0 Å². The van der Waals surface area contributed by atoms with Crippen molar-refractivity contribution in [2.24, 2.45) is 0 Å². The summed E-state index contributed by atoms with van der Waals surface area (Å²) in [6.45, 7) is 1.63. The number of furan rings is 1. The number of anilines is 1. The van der Waals surface area contributed by atoms with Crippen molar-refractivity contribution in [3.63, 3.8) is 0 Å². The van der Waals surface area contributed by atoms with Crippen molar-refractivity contribution in [2.75, 3.05) is 5.32 Å². The molecule has 0 bridgehead atoms. The van der Waals surface area contributed by atoms with E-state index in [1.54, 1.807) is 31.2 Å². The molecule has 1 aromatic heterocycles. The van der Waals surface area contributed by atoms with Crippen LogP contribution in [0.4, 0.5) is 5.69 Å². The van der Waals surface area contributed by atoms with Crippen molar-refractivity contribution in [3.8, 4) is 5.75 Å². The summed E-state index contributed by atoms with van der Waals surface area (Å²) in [6.07, 6.45) is 0.182. The topological polar surface area (TPSA) is 110 Å². The Kier molecular flexibility index (Phi) is 4.19. The van der Waals surface area contributed by atoms with Crippen LogP contribution in [0.3, 0.4) is 0 Å². The molecular weight excluding hydrogens is 314 g/mol. The molecule has 1 atom stereocenters. The van der Waals surface area contributed by atoms with Gasteiger partial charge in [-0.05, 0) is 25.1 Å². The van der Waals surface area contributed by atoms with Gasteiger partial charge in [0.2, 0.25) is 5.91 Å². The van der Waals surface area contributed by atoms with E-state index in [0.29, 0.717) is 22.8 Å². The molecule has 0 radical (unpaired) electrons. The van der Waals surface area contributed by atoms with Crippen molar-refractivity contribution in [1.29, 1.82) is 0 Å². The van der Waals surface area contributed by atoms with Gasteiger partial charge < -0.3 is 14.5 Å². The molecule has 3 amide bonds. The van der Waals surface area contributed by atoms with Crippen LogP contribution in [-0.2, 0) is 9.59 Å². The van der Waals surface area contributed by atoms with Gasteiger partial charge >= 0.3 is 0 Å². The summed E-state index contributed by atoms with van der Waals surface area (Å²) in [5.41, 5.74) is 5.39. The molecule has 3 N–H and O–H groups in total. The Bertz CT molecular complexity index is 799. The minimum Gasteiger partial charge on any atom is -0.478 e. The molecule has 0 fully saturated rings. The van der Waals surface area contributed by atoms with Crippen molar-refractivity contribution >= 4 is 23.4 Å². The second kappa shape index (κ2) is 6.45. The van der Waals surface area contributed by atoms with E-state index in [1.807, 2.05) is 0 Å². The van der Waals surface area contributed by atoms with E-state index in [1.165, 1.54) is 12.3 Å². The molecule has 0 spiro atoms. The predicted molar refractivity (Wildman–Crippen MR) is 83.2 cm³/mol. The molecule has 1 aliphatic rings. The Morgan fingerprint density at radius 3 is 2.75 bits per heavy atom. The average molecular weight is 329 g/mol. The van der Waals surface area contributed by atoms with Crippen LogP contribution in [0.25, 0.3) is 0 Å². The lowest BCUT2D eigenvalue weighted by Gasteiger charge is -2.25. The molecule has 8 nitrogen and oxygen atoms in total. The molecule has 8 heteroatoms. The zero-order valence-corrected chi connectivity index (χ0v) is 12.8. The van der Waals surface area contributed by atoms with E-state index >= 15 is 0 Å². The van der Waals surface area contributed by atoms with Crippen LogP contribution in [0.1, 0.15) is 22.5 Å². The summed E-state index contributed by atoms with van der Waals surface area (Å²) >= 11 is 0. The number of hydrogen-bond donors (Lipinski definition) is 3. The van der Waals surface area contributed by atoms with Gasteiger partial charge in [-0.1, -0.05) is 12.1 Å². The maximum absolute atomic E-state index is 11.9. The van der Waals surface area contributed by atoms with Crippen molar-refractivity contribution < 1.29 is 23.5 Å². The number of carbonyl (C=O) groups is 3. The fraction of sp³-hybridized carbons (Fsp3) is 0.188. The number of benzene rings is 1. The van der Waals surface area contributed by atoms with Gasteiger partial charge in [0.15, 0.2) is 6.10 Å². The van der Waals surface area contributed by atoms with E-state index in [0.717, 1.165) is 0 Å². The highest BCUT2D eigenvalue weighted by atomic mass is 16.5. The summed E-state index contributed by atoms with van der Waals surface area (Å²) in [5, 5.41) is 2.67. The van der Waals surface area contributed by atoms with Crippen molar-refractivity contribution in [1.82, 2.24) is 10.9 Å². The number of rotatable bonds is 3. The van der Waals surface area contributed by atoms with Gasteiger partial charge in [-0.15, -0.1) is 0 Å². The molecule has 2 heterocycles. The third kappa shape index (κ3) is 3.22. The maximum atomic E-state index is 11.9. The Morgan fingerprint density at radius 1 is 1.21 bits per heavy atom. The van der Waals surface area contributed by atoms with Gasteiger partial charge in [0.05, 0.1) is 23.9 Å². The first-order chi connectivity index (χ1) is 11.5. The molecule has 1 aliphatic heterocycles. The van der Waals surface area contributed by atoms with Gasteiger partial charge in [-0.2, -0.15) is 0 Å². The van der Waals surface area contributed by atoms with Crippen LogP contribution in [-0.4, -0.2) is 23.8 Å². The highest BCUT2D eigenvalue weighted by molar-refractivity contribution is 6.00. The first kappa shape index (κ1) is 15.6. The first-order valence-corrected chi connectivity index (χ1v) is 7.24. The second-order valence-corrected chi connectivity index (χ2v) is 5.19. The van der Waals surface area contributed by atoms with Gasteiger partial charge in [-0.3, -0.25) is 25.2 Å². The normalized spacial score (nSPS) is 15.7. The smallest absolute Gasteiger partial charge is 0.273 e. The fourth-order valence-electron chi connectivity index (χ4n) is 2.26. The second-order valence-electron chi connectivity index (χ2n) is 5.19. The van der Waals surface area contributed by atoms with Crippen molar-refractivity contribution in [2.45, 2.75) is 19.4 Å². The Balaban J connectivity index is 1.55. The largest absolute Gasteiger partial charge is 0.478 e. The Hall–Kier alpha value is -3.29. The number of aryl methyl sites for hydroxylation is 1. The lowest BCUT2D eigenvalue weighted by Crippen LogP contribution is -2.46. The Labute approximate surface area is 137 Å². The lowest BCUT2D eigenvalue weighted by atomic mass is 10.1. The number of ether oxygens (including phenoxy) is 1. The molecule has 1 aromatic carbocycles. The molecule has 3 rings (SSSR count). The number of nitrogens with one attached hydrogen (secondary N) is 3. The number of amides is 3. The predicted octanol–water partition coefficient (Wildman–Crippen LogP) is 1.14. The first-order valence-electron chi connectivity index (χ1n) is 7.24. The molecule has 2 aromatic rings. The monoisotopic (exact) mass is 329 g/mol. The fourth-order valence-corrected chi connectivity index (χ4v) is 2.26. The molecule has 0 unspecified atom stereocenters. The molecule has 0 aliphatic carbocycles. The summed E-state index contributed by atoms with van der Waals surface area (Å²) in [4.78, 5) is 35.7. The van der Waals surface area contributed by atoms with E-state index in [2.05, 4.69) is 16.2 Å². The number of fused-ring (bicyclic) bond motifs is 1.